The van der Waals surface area contributed by atoms with E-state index in [9.17, 15) is 10.1 Å². The number of nitrogens with one attached hydrogen (secondary N) is 1. The van der Waals surface area contributed by atoms with Crippen molar-refractivity contribution < 1.29 is 9.45 Å². The molecule has 1 saturated heterocycles. The first kappa shape index (κ1) is 12.7. The second kappa shape index (κ2) is 5.38. The number of aromatic nitrogens is 2. The van der Waals surface area contributed by atoms with E-state index < -0.39 is 4.92 Å². The van der Waals surface area contributed by atoms with Gasteiger partial charge in [0.1, 0.15) is 0 Å². The van der Waals surface area contributed by atoms with Crippen LogP contribution in [0, 0.1) is 16.0 Å². The van der Waals surface area contributed by atoms with Crippen LogP contribution in [0.5, 0.6) is 0 Å². The molecule has 0 saturated carbocycles. The zero-order valence-electron chi connectivity index (χ0n) is 10.8. The third kappa shape index (κ3) is 2.67. The summed E-state index contributed by atoms with van der Waals surface area (Å²) in [4.78, 5) is 14.6. The van der Waals surface area contributed by atoms with Crippen LogP contribution in [0.1, 0.15) is 12.3 Å². The van der Waals surface area contributed by atoms with Crippen molar-refractivity contribution in [2.24, 2.45) is 5.92 Å². The highest BCUT2D eigenvalue weighted by molar-refractivity contribution is 5.58. The van der Waals surface area contributed by atoms with Crippen LogP contribution in [0.2, 0.25) is 0 Å². The number of non-ortho nitro benzene ring substituents is 1. The van der Waals surface area contributed by atoms with E-state index in [1.807, 2.05) is 0 Å². The Morgan fingerprint density at radius 1 is 1.50 bits per heavy atom. The van der Waals surface area contributed by atoms with Gasteiger partial charge >= 0.3 is 0 Å². The molecule has 0 aliphatic carbocycles. The molecule has 2 aromatic rings. The Morgan fingerprint density at radius 3 is 3.15 bits per heavy atom. The minimum atomic E-state index is -0.436. The molecule has 1 unspecified atom stereocenters. The summed E-state index contributed by atoms with van der Waals surface area (Å²) in [5.41, 5.74) is 0.618. The molecule has 2 heterocycles. The number of hydrogen-bond donors (Lipinski definition) is 1. The maximum atomic E-state index is 10.8. The summed E-state index contributed by atoms with van der Waals surface area (Å²) in [6, 6.07) is 6.24. The van der Waals surface area contributed by atoms with Crippen molar-refractivity contribution in [3.8, 4) is 11.4 Å². The van der Waals surface area contributed by atoms with E-state index in [-0.39, 0.29) is 5.69 Å². The van der Waals surface area contributed by atoms with Gasteiger partial charge in [-0.3, -0.25) is 10.1 Å². The molecule has 3 rings (SSSR count). The van der Waals surface area contributed by atoms with Crippen LogP contribution in [0.15, 0.2) is 28.8 Å². The first-order valence-corrected chi connectivity index (χ1v) is 6.50. The van der Waals surface area contributed by atoms with Crippen LogP contribution in [0.25, 0.3) is 11.4 Å². The maximum absolute atomic E-state index is 10.8. The van der Waals surface area contributed by atoms with Crippen LogP contribution >= 0.6 is 0 Å². The number of benzene rings is 1. The second-order valence-electron chi connectivity index (χ2n) is 4.88. The normalized spacial score (nSPS) is 18.3. The van der Waals surface area contributed by atoms with Crippen LogP contribution in [-0.4, -0.2) is 28.2 Å². The molecule has 0 radical (unpaired) electrons. The summed E-state index contributed by atoms with van der Waals surface area (Å²) in [5, 5.41) is 17.9. The summed E-state index contributed by atoms with van der Waals surface area (Å²) in [7, 11) is 0. The minimum Gasteiger partial charge on any atom is -0.339 e. The molecule has 20 heavy (non-hydrogen) atoms. The molecule has 1 N–H and O–H groups in total. The van der Waals surface area contributed by atoms with Gasteiger partial charge < -0.3 is 9.84 Å². The standard InChI is InChI=1S/C13H14N4O3/c18-17(19)11-3-1-2-10(7-11)13-15-12(20-16-13)6-9-4-5-14-8-9/h1-3,7,9,14H,4-6,8H2. The fraction of sp³-hybridized carbons (Fsp3) is 0.385. The summed E-state index contributed by atoms with van der Waals surface area (Å²) in [6.07, 6.45) is 1.85. The third-order valence-corrected chi connectivity index (χ3v) is 3.41. The third-order valence-electron chi connectivity index (χ3n) is 3.41. The molecule has 1 aliphatic heterocycles. The van der Waals surface area contributed by atoms with Gasteiger partial charge in [-0.05, 0) is 25.4 Å². The highest BCUT2D eigenvalue weighted by atomic mass is 16.6. The molecule has 1 aromatic heterocycles. The second-order valence-corrected chi connectivity index (χ2v) is 4.88. The Bertz CT molecular complexity index is 620. The molecule has 1 aromatic carbocycles. The average Bonchev–Trinajstić information content (AvgIpc) is 3.11. The van der Waals surface area contributed by atoms with Crippen molar-refractivity contribution in [2.75, 3.05) is 13.1 Å². The van der Waals surface area contributed by atoms with E-state index in [0.717, 1.165) is 25.9 Å². The average molecular weight is 274 g/mol. The van der Waals surface area contributed by atoms with E-state index in [0.29, 0.717) is 23.2 Å². The van der Waals surface area contributed by atoms with Crippen LogP contribution in [0.3, 0.4) is 0 Å². The molecule has 7 nitrogen and oxygen atoms in total. The summed E-state index contributed by atoms with van der Waals surface area (Å²) in [6.45, 7) is 1.99. The summed E-state index contributed by atoms with van der Waals surface area (Å²) < 4.78 is 5.22. The van der Waals surface area contributed by atoms with Crippen LogP contribution in [-0.2, 0) is 6.42 Å². The topological polar surface area (TPSA) is 94.1 Å². The monoisotopic (exact) mass is 274 g/mol. The molecule has 0 bridgehead atoms. The largest absolute Gasteiger partial charge is 0.339 e. The molecular formula is C13H14N4O3. The van der Waals surface area contributed by atoms with Crippen molar-refractivity contribution in [2.45, 2.75) is 12.8 Å². The summed E-state index contributed by atoms with van der Waals surface area (Å²) in [5.74, 6) is 1.50. The van der Waals surface area contributed by atoms with Crippen molar-refractivity contribution in [3.63, 3.8) is 0 Å². The van der Waals surface area contributed by atoms with Crippen molar-refractivity contribution in [1.29, 1.82) is 0 Å². The number of nitrogens with zero attached hydrogens (tertiary/aromatic N) is 3. The van der Waals surface area contributed by atoms with Gasteiger partial charge in [-0.25, -0.2) is 0 Å². The molecule has 1 fully saturated rings. The van der Waals surface area contributed by atoms with Crippen molar-refractivity contribution in [3.05, 3.63) is 40.3 Å². The number of nitro benzene ring substituents is 1. The zero-order valence-corrected chi connectivity index (χ0v) is 10.8. The SMILES string of the molecule is O=[N+]([O-])c1cccc(-c2noc(CC3CCNC3)n2)c1. The lowest BCUT2D eigenvalue weighted by Crippen LogP contribution is -2.10. The smallest absolute Gasteiger partial charge is 0.270 e. The zero-order chi connectivity index (χ0) is 13.9. The molecule has 1 atom stereocenters. The number of nitro groups is 1. The molecule has 0 spiro atoms. The van der Waals surface area contributed by atoms with E-state index in [1.165, 1.54) is 12.1 Å². The quantitative estimate of drug-likeness (QED) is 0.674. The van der Waals surface area contributed by atoms with Gasteiger partial charge in [-0.15, -0.1) is 0 Å². The Balaban J connectivity index is 1.78. The Kier molecular flexibility index (Phi) is 3.42. The van der Waals surface area contributed by atoms with Gasteiger partial charge in [0.05, 0.1) is 4.92 Å². The van der Waals surface area contributed by atoms with Gasteiger partial charge in [-0.1, -0.05) is 17.3 Å². The Morgan fingerprint density at radius 2 is 2.40 bits per heavy atom. The number of rotatable bonds is 4. The van der Waals surface area contributed by atoms with Gasteiger partial charge in [0.15, 0.2) is 0 Å². The Hall–Kier alpha value is -2.28. The van der Waals surface area contributed by atoms with E-state index in [2.05, 4.69) is 15.5 Å². The maximum Gasteiger partial charge on any atom is 0.270 e. The number of hydrogen-bond acceptors (Lipinski definition) is 6. The lowest BCUT2D eigenvalue weighted by Gasteiger charge is -2.01. The van der Waals surface area contributed by atoms with Crippen molar-refractivity contribution >= 4 is 5.69 Å². The predicted octanol–water partition coefficient (Wildman–Crippen LogP) is 1.80. The van der Waals surface area contributed by atoms with E-state index >= 15 is 0 Å². The first-order chi connectivity index (χ1) is 9.72. The predicted molar refractivity (Wildman–Crippen MR) is 71.1 cm³/mol. The highest BCUT2D eigenvalue weighted by Gasteiger charge is 2.19. The summed E-state index contributed by atoms with van der Waals surface area (Å²) >= 11 is 0. The van der Waals surface area contributed by atoms with Crippen molar-refractivity contribution in [1.82, 2.24) is 15.5 Å². The van der Waals surface area contributed by atoms with Gasteiger partial charge in [0.2, 0.25) is 11.7 Å². The van der Waals surface area contributed by atoms with Gasteiger partial charge in [0.25, 0.3) is 5.69 Å². The Labute approximate surface area is 115 Å². The fourth-order valence-electron chi connectivity index (χ4n) is 2.35. The van der Waals surface area contributed by atoms with Gasteiger partial charge in [0, 0.05) is 24.1 Å². The molecule has 1 aliphatic rings. The molecular weight excluding hydrogens is 260 g/mol. The molecule has 104 valence electrons. The van der Waals surface area contributed by atoms with Crippen LogP contribution in [0.4, 0.5) is 5.69 Å². The lowest BCUT2D eigenvalue weighted by atomic mass is 10.1. The highest BCUT2D eigenvalue weighted by Crippen LogP contribution is 2.22. The van der Waals surface area contributed by atoms with E-state index in [1.54, 1.807) is 12.1 Å². The minimum absolute atomic E-state index is 0.0221. The lowest BCUT2D eigenvalue weighted by molar-refractivity contribution is -0.384. The molecule has 0 amide bonds. The first-order valence-electron chi connectivity index (χ1n) is 6.50. The molecule has 7 heteroatoms. The van der Waals surface area contributed by atoms with Crippen LogP contribution < -0.4 is 5.32 Å². The van der Waals surface area contributed by atoms with Gasteiger partial charge in [-0.2, -0.15) is 4.98 Å². The fourth-order valence-corrected chi connectivity index (χ4v) is 2.35. The van der Waals surface area contributed by atoms with E-state index in [4.69, 9.17) is 4.52 Å².